The maximum absolute atomic E-state index is 12.8. The van der Waals surface area contributed by atoms with E-state index in [2.05, 4.69) is 4.98 Å². The first-order valence-corrected chi connectivity index (χ1v) is 8.64. The minimum Gasteiger partial charge on any atom is -0.545 e. The number of benzene rings is 1. The summed E-state index contributed by atoms with van der Waals surface area (Å²) in [7, 11) is -3.91. The third kappa shape index (κ3) is 4.69. The van der Waals surface area contributed by atoms with Crippen molar-refractivity contribution in [1.82, 2.24) is 4.98 Å². The van der Waals surface area contributed by atoms with Crippen molar-refractivity contribution in [3.63, 3.8) is 0 Å². The Morgan fingerprint density at radius 3 is 2.40 bits per heavy atom. The summed E-state index contributed by atoms with van der Waals surface area (Å²) in [4.78, 5) is 14.5. The molecule has 0 fully saturated rings. The number of alkyl halides is 3. The average molecular weight is 373 g/mol. The predicted molar refractivity (Wildman–Crippen MR) is 81.0 cm³/mol. The lowest BCUT2D eigenvalue weighted by atomic mass is 10.2. The SMILES string of the molecule is CS(=O)(=O)N(Cc1ccc(C(=O)[O-])cn1)c1cccc(C(F)(F)F)c1. The third-order valence-electron chi connectivity index (χ3n) is 3.23. The minimum absolute atomic E-state index is 0.160. The van der Waals surface area contributed by atoms with Crippen molar-refractivity contribution in [3.8, 4) is 0 Å². The Labute approximate surface area is 141 Å². The second kappa shape index (κ2) is 6.71. The maximum Gasteiger partial charge on any atom is 0.416 e. The van der Waals surface area contributed by atoms with Gasteiger partial charge in [-0.1, -0.05) is 6.07 Å². The largest absolute Gasteiger partial charge is 0.545 e. The van der Waals surface area contributed by atoms with Gasteiger partial charge in [-0.25, -0.2) is 8.42 Å². The quantitative estimate of drug-likeness (QED) is 0.791. The number of carbonyl (C=O) groups excluding carboxylic acids is 1. The number of hydrogen-bond donors (Lipinski definition) is 0. The number of nitrogens with zero attached hydrogens (tertiary/aromatic N) is 2. The summed E-state index contributed by atoms with van der Waals surface area (Å²) in [6.45, 7) is -0.354. The van der Waals surface area contributed by atoms with Crippen molar-refractivity contribution in [2.45, 2.75) is 12.7 Å². The van der Waals surface area contributed by atoms with Crippen molar-refractivity contribution in [2.75, 3.05) is 10.6 Å². The molecule has 134 valence electrons. The zero-order chi connectivity index (χ0) is 18.8. The summed E-state index contributed by atoms with van der Waals surface area (Å²) in [5, 5.41) is 10.7. The smallest absolute Gasteiger partial charge is 0.416 e. The third-order valence-corrected chi connectivity index (χ3v) is 4.37. The first-order valence-electron chi connectivity index (χ1n) is 6.80. The van der Waals surface area contributed by atoms with Gasteiger partial charge in [0.1, 0.15) is 0 Å². The molecule has 2 rings (SSSR count). The van der Waals surface area contributed by atoms with Gasteiger partial charge in [0.15, 0.2) is 0 Å². The van der Waals surface area contributed by atoms with Crippen LogP contribution < -0.4 is 9.41 Å². The summed E-state index contributed by atoms with van der Waals surface area (Å²) in [5.74, 6) is -1.45. The molecule has 0 unspecified atom stereocenters. The van der Waals surface area contributed by atoms with E-state index in [-0.39, 0.29) is 23.5 Å². The van der Waals surface area contributed by atoms with Gasteiger partial charge in [-0.3, -0.25) is 9.29 Å². The molecule has 25 heavy (non-hydrogen) atoms. The highest BCUT2D eigenvalue weighted by Crippen LogP contribution is 2.32. The van der Waals surface area contributed by atoms with Crippen LogP contribution in [0.3, 0.4) is 0 Å². The van der Waals surface area contributed by atoms with Crippen molar-refractivity contribution in [3.05, 3.63) is 59.4 Å². The Morgan fingerprint density at radius 2 is 1.92 bits per heavy atom. The van der Waals surface area contributed by atoms with Crippen molar-refractivity contribution >= 4 is 21.7 Å². The van der Waals surface area contributed by atoms with Crippen molar-refractivity contribution in [1.29, 1.82) is 0 Å². The highest BCUT2D eigenvalue weighted by molar-refractivity contribution is 7.92. The van der Waals surface area contributed by atoms with Crippen LogP contribution >= 0.6 is 0 Å². The molecule has 0 spiro atoms. The fraction of sp³-hybridized carbons (Fsp3) is 0.200. The van der Waals surface area contributed by atoms with Gasteiger partial charge >= 0.3 is 6.18 Å². The van der Waals surface area contributed by atoms with Gasteiger partial charge in [-0.05, 0) is 30.3 Å². The molecule has 1 heterocycles. The predicted octanol–water partition coefficient (Wildman–Crippen LogP) is 1.43. The molecule has 0 aliphatic heterocycles. The van der Waals surface area contributed by atoms with E-state index in [0.29, 0.717) is 0 Å². The van der Waals surface area contributed by atoms with Crippen LogP contribution in [0.25, 0.3) is 0 Å². The summed E-state index contributed by atoms with van der Waals surface area (Å²) in [5.41, 5.74) is -1.21. The lowest BCUT2D eigenvalue weighted by molar-refractivity contribution is -0.255. The van der Waals surface area contributed by atoms with Crippen LogP contribution in [0.5, 0.6) is 0 Å². The number of carboxylic acid groups (broad SMARTS) is 1. The Balaban J connectivity index is 2.40. The molecule has 0 aliphatic carbocycles. The number of rotatable bonds is 5. The Bertz CT molecular complexity index is 880. The number of carbonyl (C=O) groups is 1. The van der Waals surface area contributed by atoms with Crippen molar-refractivity contribution in [2.24, 2.45) is 0 Å². The molecule has 6 nitrogen and oxygen atoms in total. The van der Waals surface area contributed by atoms with E-state index >= 15 is 0 Å². The van der Waals surface area contributed by atoms with Crippen LogP contribution in [-0.4, -0.2) is 25.6 Å². The van der Waals surface area contributed by atoms with Crippen LogP contribution in [0.15, 0.2) is 42.6 Å². The molecule has 1 aromatic carbocycles. The summed E-state index contributed by atoms with van der Waals surface area (Å²) in [6, 6.07) is 6.31. The Kier molecular flexibility index (Phi) is 5.02. The summed E-state index contributed by atoms with van der Waals surface area (Å²) < 4.78 is 63.2. The first-order chi connectivity index (χ1) is 11.5. The summed E-state index contributed by atoms with van der Waals surface area (Å²) >= 11 is 0. The Morgan fingerprint density at radius 1 is 1.24 bits per heavy atom. The van der Waals surface area contributed by atoms with Gasteiger partial charge in [-0.15, -0.1) is 0 Å². The van der Waals surface area contributed by atoms with E-state index in [1.54, 1.807) is 0 Å². The van der Waals surface area contributed by atoms with Gasteiger partial charge in [0.2, 0.25) is 10.0 Å². The number of aromatic nitrogens is 1. The summed E-state index contributed by atoms with van der Waals surface area (Å²) in [6.07, 6.45) is -2.78. The zero-order valence-corrected chi connectivity index (χ0v) is 13.6. The van der Waals surface area contributed by atoms with Gasteiger partial charge in [0, 0.05) is 11.8 Å². The van der Waals surface area contributed by atoms with Gasteiger partial charge < -0.3 is 9.90 Å². The number of pyridine rings is 1. The molecule has 0 N–H and O–H groups in total. The van der Waals surface area contributed by atoms with Crippen molar-refractivity contribution < 1.29 is 31.5 Å². The van der Waals surface area contributed by atoms with Gasteiger partial charge in [-0.2, -0.15) is 13.2 Å². The topological polar surface area (TPSA) is 90.4 Å². The van der Waals surface area contributed by atoms with E-state index in [0.717, 1.165) is 35.0 Å². The maximum atomic E-state index is 12.8. The minimum atomic E-state index is -4.62. The second-order valence-corrected chi connectivity index (χ2v) is 7.05. The molecule has 0 amide bonds. The number of halogens is 3. The molecule has 10 heteroatoms. The van der Waals surface area contributed by atoms with Crippen LogP contribution in [0.1, 0.15) is 21.6 Å². The molecular weight excluding hydrogens is 361 g/mol. The molecule has 0 bridgehead atoms. The molecule has 0 radical (unpaired) electrons. The molecular formula is C15H12F3N2O4S-. The van der Waals surface area contributed by atoms with Crippen LogP contribution in [-0.2, 0) is 22.7 Å². The van der Waals surface area contributed by atoms with E-state index in [4.69, 9.17) is 0 Å². The van der Waals surface area contributed by atoms with E-state index in [1.165, 1.54) is 18.2 Å². The van der Waals surface area contributed by atoms with Crippen LogP contribution in [0.2, 0.25) is 0 Å². The first kappa shape index (κ1) is 18.7. The van der Waals surface area contributed by atoms with E-state index in [9.17, 15) is 31.5 Å². The molecule has 0 atom stereocenters. The average Bonchev–Trinajstić information content (AvgIpc) is 2.51. The molecule has 2 aromatic rings. The second-order valence-electron chi connectivity index (χ2n) is 5.14. The van der Waals surface area contributed by atoms with Gasteiger partial charge in [0.05, 0.1) is 35.7 Å². The van der Waals surface area contributed by atoms with E-state index in [1.807, 2.05) is 0 Å². The fourth-order valence-corrected chi connectivity index (χ4v) is 2.89. The van der Waals surface area contributed by atoms with Crippen LogP contribution in [0.4, 0.5) is 18.9 Å². The number of aromatic carboxylic acids is 1. The van der Waals surface area contributed by atoms with Crippen LogP contribution in [0, 0.1) is 0 Å². The Hall–Kier alpha value is -2.62. The molecule has 0 saturated carbocycles. The number of anilines is 1. The number of sulfonamides is 1. The fourth-order valence-electron chi connectivity index (χ4n) is 2.02. The molecule has 0 saturated heterocycles. The normalized spacial score (nSPS) is 12.0. The highest BCUT2D eigenvalue weighted by atomic mass is 32.2. The lowest BCUT2D eigenvalue weighted by Gasteiger charge is -2.23. The lowest BCUT2D eigenvalue weighted by Crippen LogP contribution is -2.30. The monoisotopic (exact) mass is 373 g/mol. The number of carboxylic acids is 1. The van der Waals surface area contributed by atoms with Gasteiger partial charge in [0.25, 0.3) is 0 Å². The molecule has 1 aromatic heterocycles. The standard InChI is InChI=1S/C15H13F3N2O4S/c1-25(23,24)20(9-12-6-5-10(8-19-12)14(21)22)13-4-2-3-11(7-13)15(16,17)18/h2-8H,9H2,1H3,(H,21,22)/p-1. The molecule has 0 aliphatic rings. The zero-order valence-electron chi connectivity index (χ0n) is 12.8. The highest BCUT2D eigenvalue weighted by Gasteiger charge is 2.31. The van der Waals surface area contributed by atoms with E-state index < -0.39 is 27.7 Å². The number of hydrogen-bond acceptors (Lipinski definition) is 5.